The number of nitrogens with zero attached hydrogens (tertiary/aromatic N) is 2. The SMILES string of the molecule is O=C(/C=C/c1ccc(F)cc1)/C=C/c1ccc(Oc2ncnc3ccccc23)cc1. The number of allylic oxidation sites excluding steroid dienone is 2. The summed E-state index contributed by atoms with van der Waals surface area (Å²) in [7, 11) is 0. The van der Waals surface area contributed by atoms with Crippen LogP contribution in [0.2, 0.25) is 0 Å². The van der Waals surface area contributed by atoms with Gasteiger partial charge in [-0.25, -0.2) is 14.4 Å². The molecule has 0 spiro atoms. The van der Waals surface area contributed by atoms with E-state index in [1.807, 2.05) is 48.5 Å². The lowest BCUT2D eigenvalue weighted by atomic mass is 10.1. The minimum Gasteiger partial charge on any atom is -0.438 e. The number of rotatable bonds is 6. The zero-order chi connectivity index (χ0) is 20.8. The molecule has 0 aliphatic rings. The molecule has 5 heteroatoms. The molecule has 0 saturated heterocycles. The van der Waals surface area contributed by atoms with E-state index in [0.717, 1.165) is 22.0 Å². The second-order valence-electron chi connectivity index (χ2n) is 6.49. The average molecular weight is 396 g/mol. The molecule has 0 aliphatic carbocycles. The van der Waals surface area contributed by atoms with Gasteiger partial charge < -0.3 is 4.74 Å². The first-order valence-electron chi connectivity index (χ1n) is 9.31. The van der Waals surface area contributed by atoms with Crippen LogP contribution in [0.4, 0.5) is 4.39 Å². The maximum Gasteiger partial charge on any atom is 0.230 e. The van der Waals surface area contributed by atoms with E-state index in [2.05, 4.69) is 9.97 Å². The summed E-state index contributed by atoms with van der Waals surface area (Å²) in [5.41, 5.74) is 2.43. The van der Waals surface area contributed by atoms with E-state index in [4.69, 9.17) is 4.74 Å². The molecule has 4 rings (SSSR count). The Bertz CT molecular complexity index is 1220. The number of aromatic nitrogens is 2. The predicted molar refractivity (Wildman–Crippen MR) is 116 cm³/mol. The molecule has 1 heterocycles. The van der Waals surface area contributed by atoms with Crippen molar-refractivity contribution in [3.8, 4) is 11.6 Å². The number of halogens is 1. The molecule has 0 aliphatic heterocycles. The molecule has 0 radical (unpaired) electrons. The highest BCUT2D eigenvalue weighted by Crippen LogP contribution is 2.26. The highest BCUT2D eigenvalue weighted by Gasteiger charge is 2.05. The molecule has 0 unspecified atom stereocenters. The first-order chi connectivity index (χ1) is 14.7. The number of carbonyl (C=O) groups is 1. The Labute approximate surface area is 173 Å². The van der Waals surface area contributed by atoms with E-state index in [9.17, 15) is 9.18 Å². The Hall–Kier alpha value is -4.12. The third kappa shape index (κ3) is 4.83. The van der Waals surface area contributed by atoms with Crippen molar-refractivity contribution in [2.24, 2.45) is 0 Å². The minimum atomic E-state index is -0.307. The highest BCUT2D eigenvalue weighted by molar-refractivity contribution is 6.04. The summed E-state index contributed by atoms with van der Waals surface area (Å²) in [6.45, 7) is 0. The molecule has 0 saturated carbocycles. The van der Waals surface area contributed by atoms with Crippen LogP contribution < -0.4 is 4.74 Å². The van der Waals surface area contributed by atoms with Gasteiger partial charge in [-0.05, 0) is 59.7 Å². The van der Waals surface area contributed by atoms with E-state index in [1.165, 1.54) is 30.6 Å². The van der Waals surface area contributed by atoms with Gasteiger partial charge in [0.1, 0.15) is 17.9 Å². The fraction of sp³-hybridized carbons (Fsp3) is 0. The summed E-state index contributed by atoms with van der Waals surface area (Å²) in [5, 5.41) is 0.836. The fourth-order valence-corrected chi connectivity index (χ4v) is 2.81. The van der Waals surface area contributed by atoms with E-state index < -0.39 is 0 Å². The summed E-state index contributed by atoms with van der Waals surface area (Å²) in [4.78, 5) is 20.4. The van der Waals surface area contributed by atoms with Gasteiger partial charge in [-0.3, -0.25) is 4.79 Å². The van der Waals surface area contributed by atoms with Crippen LogP contribution in [-0.2, 0) is 4.79 Å². The van der Waals surface area contributed by atoms with Crippen LogP contribution in [0.15, 0.2) is 91.3 Å². The summed E-state index contributed by atoms with van der Waals surface area (Å²) in [5.74, 6) is 0.661. The van der Waals surface area contributed by atoms with E-state index in [-0.39, 0.29) is 11.6 Å². The van der Waals surface area contributed by atoms with Gasteiger partial charge in [0.15, 0.2) is 5.78 Å². The van der Waals surface area contributed by atoms with E-state index >= 15 is 0 Å². The Morgan fingerprint density at radius 3 is 2.13 bits per heavy atom. The quantitative estimate of drug-likeness (QED) is 0.383. The number of benzene rings is 3. The number of carbonyl (C=O) groups excluding carboxylic acids is 1. The van der Waals surface area contributed by atoms with Gasteiger partial charge in [0, 0.05) is 0 Å². The van der Waals surface area contributed by atoms with Crippen LogP contribution in [0.25, 0.3) is 23.1 Å². The normalized spacial score (nSPS) is 11.4. The van der Waals surface area contributed by atoms with Crippen LogP contribution in [0.5, 0.6) is 11.6 Å². The number of ketones is 1. The molecule has 146 valence electrons. The Morgan fingerprint density at radius 2 is 1.43 bits per heavy atom. The van der Waals surface area contributed by atoms with Crippen molar-refractivity contribution < 1.29 is 13.9 Å². The molecule has 0 atom stereocenters. The molecule has 0 bridgehead atoms. The Balaban J connectivity index is 1.40. The van der Waals surface area contributed by atoms with Gasteiger partial charge >= 0.3 is 0 Å². The molecule has 0 amide bonds. The third-order valence-corrected chi connectivity index (χ3v) is 4.35. The van der Waals surface area contributed by atoms with Crippen LogP contribution in [0.3, 0.4) is 0 Å². The fourth-order valence-electron chi connectivity index (χ4n) is 2.81. The second-order valence-corrected chi connectivity index (χ2v) is 6.49. The lowest BCUT2D eigenvalue weighted by Gasteiger charge is -2.07. The van der Waals surface area contributed by atoms with Gasteiger partial charge in [0.05, 0.1) is 10.9 Å². The van der Waals surface area contributed by atoms with Crippen LogP contribution >= 0.6 is 0 Å². The number of ether oxygens (including phenoxy) is 1. The highest BCUT2D eigenvalue weighted by atomic mass is 19.1. The summed E-state index contributed by atoms with van der Waals surface area (Å²) in [6, 6.07) is 20.9. The zero-order valence-corrected chi connectivity index (χ0v) is 15.9. The molecular formula is C25H17FN2O2. The maximum atomic E-state index is 12.9. The lowest BCUT2D eigenvalue weighted by molar-refractivity contribution is -0.110. The first kappa shape index (κ1) is 19.2. The topological polar surface area (TPSA) is 52.1 Å². The lowest BCUT2D eigenvalue weighted by Crippen LogP contribution is -1.91. The molecule has 0 fully saturated rings. The second kappa shape index (κ2) is 8.92. The molecule has 4 aromatic rings. The number of hydrogen-bond donors (Lipinski definition) is 0. The summed E-state index contributed by atoms with van der Waals surface area (Å²) < 4.78 is 18.8. The van der Waals surface area contributed by atoms with Gasteiger partial charge in [-0.1, -0.05) is 48.6 Å². The molecule has 3 aromatic carbocycles. The zero-order valence-electron chi connectivity index (χ0n) is 15.9. The summed E-state index contributed by atoms with van der Waals surface area (Å²) in [6.07, 6.45) is 7.77. The van der Waals surface area contributed by atoms with Gasteiger partial charge in [0.2, 0.25) is 5.88 Å². The minimum absolute atomic E-state index is 0.160. The first-order valence-corrected chi connectivity index (χ1v) is 9.31. The molecule has 1 aromatic heterocycles. The van der Waals surface area contributed by atoms with Gasteiger partial charge in [-0.15, -0.1) is 0 Å². The van der Waals surface area contributed by atoms with Crippen molar-refractivity contribution in [2.45, 2.75) is 0 Å². The largest absolute Gasteiger partial charge is 0.438 e. The number of fused-ring (bicyclic) bond motifs is 1. The molecule has 30 heavy (non-hydrogen) atoms. The van der Waals surface area contributed by atoms with Crippen molar-refractivity contribution in [3.63, 3.8) is 0 Å². The van der Waals surface area contributed by atoms with E-state index in [0.29, 0.717) is 11.6 Å². The third-order valence-electron chi connectivity index (χ3n) is 4.35. The maximum absolute atomic E-state index is 12.9. The van der Waals surface area contributed by atoms with Crippen molar-refractivity contribution in [1.29, 1.82) is 0 Å². The number of para-hydroxylation sites is 1. The summed E-state index contributed by atoms with van der Waals surface area (Å²) >= 11 is 0. The van der Waals surface area contributed by atoms with Gasteiger partial charge in [-0.2, -0.15) is 0 Å². The van der Waals surface area contributed by atoms with Crippen LogP contribution in [-0.4, -0.2) is 15.8 Å². The van der Waals surface area contributed by atoms with Crippen molar-refractivity contribution in [2.75, 3.05) is 0 Å². The van der Waals surface area contributed by atoms with E-state index in [1.54, 1.807) is 24.3 Å². The molecule has 4 nitrogen and oxygen atoms in total. The van der Waals surface area contributed by atoms with Crippen molar-refractivity contribution in [1.82, 2.24) is 9.97 Å². The van der Waals surface area contributed by atoms with Crippen LogP contribution in [0, 0.1) is 5.82 Å². The molecule has 0 N–H and O–H groups in total. The Morgan fingerprint density at radius 1 is 0.800 bits per heavy atom. The van der Waals surface area contributed by atoms with Crippen molar-refractivity contribution >= 4 is 28.8 Å². The van der Waals surface area contributed by atoms with Crippen LogP contribution in [0.1, 0.15) is 11.1 Å². The van der Waals surface area contributed by atoms with Gasteiger partial charge in [0.25, 0.3) is 0 Å². The molecular weight excluding hydrogens is 379 g/mol. The predicted octanol–water partition coefficient (Wildman–Crippen LogP) is 5.86. The smallest absolute Gasteiger partial charge is 0.230 e. The van der Waals surface area contributed by atoms with Crippen molar-refractivity contribution in [3.05, 3.63) is 108 Å². The monoisotopic (exact) mass is 396 g/mol. The average Bonchev–Trinajstić information content (AvgIpc) is 2.78. The standard InChI is InChI=1S/C25H17FN2O2/c26-20-11-5-18(6-12-20)7-13-21(29)14-8-19-9-15-22(16-10-19)30-25-23-3-1-2-4-24(23)27-17-28-25/h1-17H/b13-7+,14-8+. The number of hydrogen-bond acceptors (Lipinski definition) is 4. The Kier molecular flexibility index (Phi) is 5.71.